The molecule has 0 N–H and O–H groups in total. The van der Waals surface area contributed by atoms with E-state index in [1.165, 1.54) is 44.5 Å². The van der Waals surface area contributed by atoms with Crippen LogP contribution in [0.15, 0.2) is 91.0 Å². The highest BCUT2D eigenvalue weighted by atomic mass is 14.4. The molecule has 0 bridgehead atoms. The van der Waals surface area contributed by atoms with E-state index in [9.17, 15) is 0 Å². The summed E-state index contributed by atoms with van der Waals surface area (Å²) in [6.07, 6.45) is 4.40. The molecule has 2 aliphatic carbocycles. The zero-order valence-electron chi connectivity index (χ0n) is 17.1. The summed E-state index contributed by atoms with van der Waals surface area (Å²) in [6.45, 7) is 0. The van der Waals surface area contributed by atoms with Gasteiger partial charge in [-0.05, 0) is 76.3 Å². The van der Waals surface area contributed by atoms with Crippen LogP contribution in [0.5, 0.6) is 0 Å². The largest absolute Gasteiger partial charge is 0.0620 e. The van der Waals surface area contributed by atoms with Crippen molar-refractivity contribution in [3.63, 3.8) is 0 Å². The van der Waals surface area contributed by atoms with Crippen LogP contribution in [0, 0.1) is 6.07 Å². The minimum absolute atomic E-state index is 0.316. The van der Waals surface area contributed by atoms with Crippen LogP contribution >= 0.6 is 0 Å². The highest BCUT2D eigenvalue weighted by Crippen LogP contribution is 2.49. The molecule has 0 nitrogen and oxygen atoms in total. The Morgan fingerprint density at radius 2 is 0.900 bits per heavy atom. The first-order chi connectivity index (χ1) is 14.9. The minimum atomic E-state index is 0.316. The van der Waals surface area contributed by atoms with Gasteiger partial charge in [-0.1, -0.05) is 91.0 Å². The smallest absolute Gasteiger partial charge is 0.0205 e. The topological polar surface area (TPSA) is 0 Å². The zero-order chi connectivity index (χ0) is 19.9. The van der Waals surface area contributed by atoms with Gasteiger partial charge in [-0.2, -0.15) is 0 Å². The fourth-order valence-electron chi connectivity index (χ4n) is 5.77. The molecule has 1 radical (unpaired) electrons. The maximum absolute atomic E-state index is 3.60. The lowest BCUT2D eigenvalue weighted by Gasteiger charge is -2.31. The fraction of sp³-hybridized carbons (Fsp3) is 0.200. The number of aryl methyl sites for hydroxylation is 4. The monoisotopic (exact) mass is 385 g/mol. The molecule has 0 aliphatic heterocycles. The summed E-state index contributed by atoms with van der Waals surface area (Å²) >= 11 is 0. The third-order valence-electron chi connectivity index (χ3n) is 7.12. The van der Waals surface area contributed by atoms with Gasteiger partial charge in [0.1, 0.15) is 0 Å². The molecule has 145 valence electrons. The molecule has 0 heterocycles. The fourth-order valence-corrected chi connectivity index (χ4v) is 5.77. The van der Waals surface area contributed by atoms with Crippen LogP contribution in [0.1, 0.15) is 56.3 Å². The maximum Gasteiger partial charge on any atom is 0.0205 e. The van der Waals surface area contributed by atoms with Gasteiger partial charge in [-0.3, -0.25) is 0 Å². The molecule has 0 aromatic heterocycles. The average molecular weight is 386 g/mol. The molecule has 0 amide bonds. The molecule has 1 unspecified atom stereocenters. The Labute approximate surface area is 179 Å². The predicted molar refractivity (Wildman–Crippen MR) is 123 cm³/mol. The van der Waals surface area contributed by atoms with Crippen molar-refractivity contribution in [3.05, 3.63) is 142 Å². The first-order valence-electron chi connectivity index (χ1n) is 11.1. The first-order valence-corrected chi connectivity index (χ1v) is 11.1. The van der Waals surface area contributed by atoms with Crippen molar-refractivity contribution in [3.8, 4) is 0 Å². The number of hydrogen-bond donors (Lipinski definition) is 0. The minimum Gasteiger partial charge on any atom is -0.0620 e. The van der Waals surface area contributed by atoms with Crippen LogP contribution in [0.3, 0.4) is 0 Å². The van der Waals surface area contributed by atoms with Crippen LogP contribution in [0.25, 0.3) is 0 Å². The van der Waals surface area contributed by atoms with E-state index in [2.05, 4.69) is 97.1 Å². The Morgan fingerprint density at radius 3 is 1.47 bits per heavy atom. The molecule has 0 heteroatoms. The van der Waals surface area contributed by atoms with Crippen molar-refractivity contribution in [2.45, 2.75) is 37.5 Å². The van der Waals surface area contributed by atoms with Gasteiger partial charge in [0.15, 0.2) is 0 Å². The molecule has 0 saturated heterocycles. The van der Waals surface area contributed by atoms with E-state index >= 15 is 0 Å². The van der Waals surface area contributed by atoms with Crippen molar-refractivity contribution < 1.29 is 0 Å². The molecule has 4 aromatic rings. The van der Waals surface area contributed by atoms with E-state index in [-0.39, 0.29) is 0 Å². The molecule has 30 heavy (non-hydrogen) atoms. The van der Waals surface area contributed by atoms with E-state index in [4.69, 9.17) is 0 Å². The Balaban J connectivity index is 1.68. The summed E-state index contributed by atoms with van der Waals surface area (Å²) in [5.74, 6) is 0.644. The molecule has 2 aliphatic rings. The molecular weight excluding hydrogens is 360 g/mol. The van der Waals surface area contributed by atoms with Gasteiger partial charge in [0.2, 0.25) is 0 Å². The second kappa shape index (κ2) is 7.29. The van der Waals surface area contributed by atoms with E-state index in [0.29, 0.717) is 11.8 Å². The Bertz CT molecular complexity index is 1020. The summed E-state index contributed by atoms with van der Waals surface area (Å²) in [4.78, 5) is 0. The Kier molecular flexibility index (Phi) is 4.30. The average Bonchev–Trinajstić information content (AvgIpc) is 3.07. The highest BCUT2D eigenvalue weighted by molar-refractivity contribution is 5.54. The number of rotatable bonds is 1. The van der Waals surface area contributed by atoms with Crippen LogP contribution in [0.2, 0.25) is 0 Å². The van der Waals surface area contributed by atoms with Crippen molar-refractivity contribution in [1.29, 1.82) is 0 Å². The van der Waals surface area contributed by atoms with E-state index < -0.39 is 0 Å². The van der Waals surface area contributed by atoms with Crippen molar-refractivity contribution in [2.75, 3.05) is 0 Å². The lowest BCUT2D eigenvalue weighted by Crippen LogP contribution is -2.17. The van der Waals surface area contributed by atoms with Crippen LogP contribution in [0.4, 0.5) is 0 Å². The number of hydrogen-bond acceptors (Lipinski definition) is 0. The third-order valence-corrected chi connectivity index (χ3v) is 7.12. The van der Waals surface area contributed by atoms with Crippen molar-refractivity contribution in [2.24, 2.45) is 0 Å². The van der Waals surface area contributed by atoms with E-state index in [0.717, 1.165) is 25.7 Å². The van der Waals surface area contributed by atoms with Gasteiger partial charge >= 0.3 is 0 Å². The molecule has 0 saturated carbocycles. The normalized spacial score (nSPS) is 15.9. The SMILES string of the molecule is [c]1cccc2c1CCc1ccccc1C2C1c2ccccc2CCc2ccccc21. The highest BCUT2D eigenvalue weighted by Gasteiger charge is 2.35. The van der Waals surface area contributed by atoms with Gasteiger partial charge in [0.25, 0.3) is 0 Å². The molecule has 0 spiro atoms. The standard InChI is InChI=1S/C30H25/c1-5-13-25-21(9-1)17-18-22-10-2-6-14-26(22)29(25)30-27-15-7-3-11-23(27)19-20-24-12-4-8-16-28(24)30/h1-11,13-16,29-30H,17-20H2. The first kappa shape index (κ1) is 17.7. The van der Waals surface area contributed by atoms with Gasteiger partial charge in [0, 0.05) is 11.8 Å². The molecular formula is C30H25. The quantitative estimate of drug-likeness (QED) is 0.344. The zero-order valence-corrected chi connectivity index (χ0v) is 17.1. The second-order valence-electron chi connectivity index (χ2n) is 8.66. The lowest BCUT2D eigenvalue weighted by atomic mass is 9.71. The summed E-state index contributed by atoms with van der Waals surface area (Å²) in [7, 11) is 0. The van der Waals surface area contributed by atoms with Gasteiger partial charge in [-0.15, -0.1) is 0 Å². The molecule has 1 atom stereocenters. The van der Waals surface area contributed by atoms with Crippen LogP contribution in [-0.4, -0.2) is 0 Å². The maximum atomic E-state index is 3.60. The van der Waals surface area contributed by atoms with Gasteiger partial charge in [0.05, 0.1) is 0 Å². The summed E-state index contributed by atoms with van der Waals surface area (Å²) < 4.78 is 0. The molecule has 0 fully saturated rings. The van der Waals surface area contributed by atoms with Crippen LogP contribution < -0.4 is 0 Å². The van der Waals surface area contributed by atoms with Crippen molar-refractivity contribution in [1.82, 2.24) is 0 Å². The lowest BCUT2D eigenvalue weighted by molar-refractivity contribution is 0.687. The molecule has 4 aromatic carbocycles. The number of benzene rings is 4. The van der Waals surface area contributed by atoms with Crippen LogP contribution in [-0.2, 0) is 25.7 Å². The second-order valence-corrected chi connectivity index (χ2v) is 8.66. The Hall–Kier alpha value is -3.12. The summed E-state index contributed by atoms with van der Waals surface area (Å²) in [6, 6.07) is 37.6. The van der Waals surface area contributed by atoms with Crippen molar-refractivity contribution >= 4 is 0 Å². The predicted octanol–water partition coefficient (Wildman–Crippen LogP) is 6.65. The molecule has 6 rings (SSSR count). The Morgan fingerprint density at radius 1 is 0.467 bits per heavy atom. The van der Waals surface area contributed by atoms with E-state index in [1.807, 2.05) is 0 Å². The number of fused-ring (bicyclic) bond motifs is 4. The van der Waals surface area contributed by atoms with Gasteiger partial charge < -0.3 is 0 Å². The van der Waals surface area contributed by atoms with Gasteiger partial charge in [-0.25, -0.2) is 0 Å². The summed E-state index contributed by atoms with van der Waals surface area (Å²) in [5, 5.41) is 0. The third kappa shape index (κ3) is 2.82. The summed E-state index contributed by atoms with van der Waals surface area (Å²) in [5.41, 5.74) is 11.8. The van der Waals surface area contributed by atoms with E-state index in [1.54, 1.807) is 0 Å².